The molecule has 128 valence electrons. The van der Waals surface area contributed by atoms with Gasteiger partial charge in [-0.1, -0.05) is 12.8 Å². The van der Waals surface area contributed by atoms with Gasteiger partial charge in [-0.15, -0.1) is 0 Å². The molecule has 0 atom stereocenters. The van der Waals surface area contributed by atoms with Crippen molar-refractivity contribution in [2.75, 3.05) is 5.32 Å². The van der Waals surface area contributed by atoms with Crippen molar-refractivity contribution >= 4 is 21.6 Å². The van der Waals surface area contributed by atoms with Gasteiger partial charge in [-0.2, -0.15) is 0 Å². The molecule has 0 aliphatic heterocycles. The van der Waals surface area contributed by atoms with Crippen LogP contribution in [0.5, 0.6) is 0 Å². The van der Waals surface area contributed by atoms with E-state index >= 15 is 0 Å². The molecule has 1 heterocycles. The third kappa shape index (κ3) is 3.85. The van der Waals surface area contributed by atoms with Crippen LogP contribution in [0.3, 0.4) is 0 Å². The van der Waals surface area contributed by atoms with E-state index in [9.17, 15) is 13.2 Å². The molecule has 1 saturated carbocycles. The maximum atomic E-state index is 12.3. The van der Waals surface area contributed by atoms with Crippen molar-refractivity contribution < 1.29 is 17.6 Å². The average molecular weight is 348 g/mol. The Labute approximate surface area is 141 Å². The Morgan fingerprint density at radius 3 is 2.42 bits per heavy atom. The maximum Gasteiger partial charge on any atom is 0.258 e. The first-order valence-corrected chi connectivity index (χ1v) is 9.41. The molecule has 0 bridgehead atoms. The molecule has 0 unspecified atom stereocenters. The molecular formula is C17H20N2O4S. The first-order chi connectivity index (χ1) is 11.4. The van der Waals surface area contributed by atoms with Gasteiger partial charge in [0, 0.05) is 11.7 Å². The van der Waals surface area contributed by atoms with Gasteiger partial charge in [-0.05, 0) is 50.1 Å². The van der Waals surface area contributed by atoms with E-state index in [2.05, 4.69) is 10.0 Å². The summed E-state index contributed by atoms with van der Waals surface area (Å²) in [5.41, 5.74) is 0.950. The number of amides is 1. The van der Waals surface area contributed by atoms with Gasteiger partial charge in [0.2, 0.25) is 10.0 Å². The van der Waals surface area contributed by atoms with Gasteiger partial charge in [0.05, 0.1) is 10.5 Å². The maximum absolute atomic E-state index is 12.3. The minimum Gasteiger partial charge on any atom is -0.469 e. The zero-order chi connectivity index (χ0) is 17.2. The summed E-state index contributed by atoms with van der Waals surface area (Å²) in [5.74, 6) is 0.353. The molecule has 2 aromatic rings. The third-order valence-corrected chi connectivity index (χ3v) is 5.63. The van der Waals surface area contributed by atoms with E-state index in [0.29, 0.717) is 17.0 Å². The summed E-state index contributed by atoms with van der Waals surface area (Å²) in [6.45, 7) is 1.76. The Morgan fingerprint density at radius 2 is 1.83 bits per heavy atom. The minimum absolute atomic E-state index is 0.0266. The lowest BCUT2D eigenvalue weighted by molar-refractivity contribution is 0.102. The number of aryl methyl sites for hydroxylation is 1. The van der Waals surface area contributed by atoms with E-state index in [1.807, 2.05) is 0 Å². The largest absolute Gasteiger partial charge is 0.469 e. The van der Waals surface area contributed by atoms with Crippen molar-refractivity contribution in [3.63, 3.8) is 0 Å². The van der Waals surface area contributed by atoms with Crippen molar-refractivity contribution in [1.82, 2.24) is 4.72 Å². The van der Waals surface area contributed by atoms with E-state index in [4.69, 9.17) is 4.42 Å². The third-order valence-electron chi connectivity index (χ3n) is 4.09. The number of anilines is 1. The van der Waals surface area contributed by atoms with E-state index in [1.165, 1.54) is 18.4 Å². The molecule has 1 amide bonds. The van der Waals surface area contributed by atoms with E-state index in [-0.39, 0.29) is 16.8 Å². The van der Waals surface area contributed by atoms with Crippen molar-refractivity contribution in [3.8, 4) is 0 Å². The molecule has 0 spiro atoms. The molecule has 1 aliphatic rings. The van der Waals surface area contributed by atoms with Crippen LogP contribution in [0.15, 0.2) is 45.9 Å². The monoisotopic (exact) mass is 348 g/mol. The Kier molecular flexibility index (Phi) is 4.73. The van der Waals surface area contributed by atoms with Crippen LogP contribution in [-0.4, -0.2) is 20.4 Å². The van der Waals surface area contributed by atoms with Crippen LogP contribution in [0.1, 0.15) is 41.8 Å². The SMILES string of the molecule is Cc1cc(C(=O)Nc2ccc(S(=O)(=O)NC3CCCC3)cc2)co1. The number of benzene rings is 1. The molecule has 7 heteroatoms. The Balaban J connectivity index is 1.67. The van der Waals surface area contributed by atoms with Gasteiger partial charge in [-0.25, -0.2) is 13.1 Å². The second-order valence-electron chi connectivity index (χ2n) is 6.03. The van der Waals surface area contributed by atoms with Crippen LogP contribution in [0, 0.1) is 6.92 Å². The van der Waals surface area contributed by atoms with Gasteiger partial charge < -0.3 is 9.73 Å². The summed E-state index contributed by atoms with van der Waals surface area (Å²) in [6.07, 6.45) is 5.28. The quantitative estimate of drug-likeness (QED) is 0.869. The fourth-order valence-electron chi connectivity index (χ4n) is 2.81. The summed E-state index contributed by atoms with van der Waals surface area (Å²) in [5, 5.41) is 2.71. The first-order valence-electron chi connectivity index (χ1n) is 7.93. The highest BCUT2D eigenvalue weighted by Gasteiger charge is 2.22. The molecule has 0 radical (unpaired) electrons. The lowest BCUT2D eigenvalue weighted by Gasteiger charge is -2.13. The summed E-state index contributed by atoms with van der Waals surface area (Å²) in [4.78, 5) is 12.2. The number of hydrogen-bond donors (Lipinski definition) is 2. The van der Waals surface area contributed by atoms with Gasteiger partial charge in [-0.3, -0.25) is 4.79 Å². The summed E-state index contributed by atoms with van der Waals surface area (Å²) in [7, 11) is -3.52. The Morgan fingerprint density at radius 1 is 1.17 bits per heavy atom. The number of sulfonamides is 1. The normalized spacial score (nSPS) is 15.5. The van der Waals surface area contributed by atoms with E-state index < -0.39 is 10.0 Å². The number of furan rings is 1. The molecule has 1 fully saturated rings. The number of hydrogen-bond acceptors (Lipinski definition) is 4. The Bertz CT molecular complexity index is 819. The second-order valence-corrected chi connectivity index (χ2v) is 7.74. The van der Waals surface area contributed by atoms with Crippen molar-refractivity contribution in [3.05, 3.63) is 47.9 Å². The summed E-state index contributed by atoms with van der Waals surface area (Å²) >= 11 is 0. The predicted molar refractivity (Wildman–Crippen MR) is 90.4 cm³/mol. The standard InChI is InChI=1S/C17H20N2O4S/c1-12-10-13(11-23-12)17(20)18-14-6-8-16(9-7-14)24(21,22)19-15-4-2-3-5-15/h6-11,15,19H,2-5H2,1H3,(H,18,20). The fraction of sp³-hybridized carbons (Fsp3) is 0.353. The zero-order valence-electron chi connectivity index (χ0n) is 13.4. The van der Waals surface area contributed by atoms with Gasteiger partial charge >= 0.3 is 0 Å². The molecule has 0 saturated heterocycles. The smallest absolute Gasteiger partial charge is 0.258 e. The van der Waals surface area contributed by atoms with Crippen LogP contribution in [-0.2, 0) is 10.0 Å². The molecule has 24 heavy (non-hydrogen) atoms. The lowest BCUT2D eigenvalue weighted by Crippen LogP contribution is -2.32. The molecule has 1 aromatic carbocycles. The highest BCUT2D eigenvalue weighted by atomic mass is 32.2. The molecule has 1 aromatic heterocycles. The van der Waals surface area contributed by atoms with Crippen molar-refractivity contribution in [2.24, 2.45) is 0 Å². The topological polar surface area (TPSA) is 88.4 Å². The van der Waals surface area contributed by atoms with Crippen molar-refractivity contribution in [1.29, 1.82) is 0 Å². The number of rotatable bonds is 5. The average Bonchev–Trinajstić information content (AvgIpc) is 3.19. The molecule has 2 N–H and O–H groups in total. The van der Waals surface area contributed by atoms with E-state index in [1.54, 1.807) is 25.1 Å². The van der Waals surface area contributed by atoms with Crippen LogP contribution in [0.4, 0.5) is 5.69 Å². The number of nitrogens with one attached hydrogen (secondary N) is 2. The summed E-state index contributed by atoms with van der Waals surface area (Å²) < 4.78 is 32.5. The van der Waals surface area contributed by atoms with Crippen LogP contribution in [0.2, 0.25) is 0 Å². The number of carbonyl (C=O) groups excluding carboxylic acids is 1. The molecule has 6 nitrogen and oxygen atoms in total. The minimum atomic E-state index is -3.52. The summed E-state index contributed by atoms with van der Waals surface area (Å²) in [6, 6.07) is 7.81. The first kappa shape index (κ1) is 16.7. The van der Waals surface area contributed by atoms with E-state index in [0.717, 1.165) is 25.7 Å². The second kappa shape index (κ2) is 6.78. The lowest BCUT2D eigenvalue weighted by atomic mass is 10.2. The molecule has 3 rings (SSSR count). The fourth-order valence-corrected chi connectivity index (χ4v) is 4.12. The zero-order valence-corrected chi connectivity index (χ0v) is 14.2. The van der Waals surface area contributed by atoms with Crippen molar-refractivity contribution in [2.45, 2.75) is 43.5 Å². The Hall–Kier alpha value is -2.12. The highest BCUT2D eigenvalue weighted by Crippen LogP contribution is 2.21. The molecule has 1 aliphatic carbocycles. The van der Waals surface area contributed by atoms with Crippen LogP contribution >= 0.6 is 0 Å². The number of carbonyl (C=O) groups is 1. The predicted octanol–water partition coefficient (Wildman–Crippen LogP) is 3.06. The molecular weight excluding hydrogens is 328 g/mol. The highest BCUT2D eigenvalue weighted by molar-refractivity contribution is 7.89. The van der Waals surface area contributed by atoms with Gasteiger partial charge in [0.25, 0.3) is 5.91 Å². The van der Waals surface area contributed by atoms with Gasteiger partial charge in [0.15, 0.2) is 0 Å². The van der Waals surface area contributed by atoms with Crippen LogP contribution in [0.25, 0.3) is 0 Å². The van der Waals surface area contributed by atoms with Gasteiger partial charge in [0.1, 0.15) is 12.0 Å². The van der Waals surface area contributed by atoms with Crippen LogP contribution < -0.4 is 10.0 Å².